The van der Waals surface area contributed by atoms with Crippen LogP contribution >= 0.6 is 0 Å². The minimum absolute atomic E-state index is 0.564. The maximum Gasteiger partial charge on any atom is 0.679 e. The van der Waals surface area contributed by atoms with Gasteiger partial charge in [-0.3, -0.25) is 0 Å². The van der Waals surface area contributed by atoms with Crippen molar-refractivity contribution in [3.8, 4) is 0 Å². The Balaban J connectivity index is 4.34. The van der Waals surface area contributed by atoms with Gasteiger partial charge in [0, 0.05) is 26.4 Å². The van der Waals surface area contributed by atoms with Gasteiger partial charge in [-0.25, -0.2) is 0 Å². The van der Waals surface area contributed by atoms with Gasteiger partial charge in [-0.15, -0.1) is 0 Å². The Morgan fingerprint density at radius 1 is 0.611 bits per heavy atom. The number of hydrogen-bond acceptors (Lipinski definition) is 4. The quantitative estimate of drug-likeness (QED) is 0.381. The molecule has 0 aliphatic heterocycles. The molecule has 0 saturated carbocycles. The van der Waals surface area contributed by atoms with Crippen molar-refractivity contribution in [2.45, 2.75) is 59.8 Å². The highest BCUT2D eigenvalue weighted by Gasteiger charge is 2.45. The molecule has 0 amide bonds. The van der Waals surface area contributed by atoms with Crippen LogP contribution in [0.1, 0.15) is 59.8 Å². The van der Waals surface area contributed by atoms with E-state index in [0.717, 1.165) is 32.1 Å². The van der Waals surface area contributed by atoms with Crippen LogP contribution in [0.25, 0.3) is 0 Å². The third kappa shape index (κ3) is 8.21. The Labute approximate surface area is 113 Å². The predicted octanol–water partition coefficient (Wildman–Crippen LogP) is 3.52. The molecule has 0 aliphatic rings. The highest BCUT2D eigenvalue weighted by molar-refractivity contribution is 6.53. The predicted molar refractivity (Wildman–Crippen MR) is 75.3 cm³/mol. The Hall–Kier alpha value is 0.0569. The van der Waals surface area contributed by atoms with Gasteiger partial charge < -0.3 is 17.7 Å². The Morgan fingerprint density at radius 2 is 1.11 bits per heavy atom. The molecule has 0 aliphatic carbocycles. The summed E-state index contributed by atoms with van der Waals surface area (Å²) in [6, 6.07) is 0. The van der Waals surface area contributed by atoms with Gasteiger partial charge in [0.25, 0.3) is 0 Å². The number of rotatable bonds is 13. The highest BCUT2D eigenvalue weighted by atomic mass is 28.4. The Kier molecular flexibility index (Phi) is 12.1. The minimum Gasteiger partial charge on any atom is -0.351 e. The maximum atomic E-state index is 5.83. The molecule has 0 saturated heterocycles. The van der Waals surface area contributed by atoms with Crippen LogP contribution in [0.15, 0.2) is 0 Å². The van der Waals surface area contributed by atoms with Gasteiger partial charge in [0.1, 0.15) is 0 Å². The minimum atomic E-state index is -2.89. The molecule has 0 spiro atoms. The first-order valence-corrected chi connectivity index (χ1v) is 8.93. The van der Waals surface area contributed by atoms with Crippen molar-refractivity contribution in [2.24, 2.45) is 0 Å². The summed E-state index contributed by atoms with van der Waals surface area (Å²) < 4.78 is 23.1. The van der Waals surface area contributed by atoms with Crippen LogP contribution in [0.3, 0.4) is 0 Å². The van der Waals surface area contributed by atoms with Gasteiger partial charge in [0.05, 0.1) is 0 Å². The van der Waals surface area contributed by atoms with Crippen molar-refractivity contribution in [3.05, 3.63) is 0 Å². The smallest absolute Gasteiger partial charge is 0.351 e. The molecule has 0 aromatic carbocycles. The molecule has 0 radical (unpaired) electrons. The summed E-state index contributed by atoms with van der Waals surface area (Å²) in [7, 11) is -2.89. The zero-order chi connectivity index (χ0) is 13.7. The molecule has 0 atom stereocenters. The lowest BCUT2D eigenvalue weighted by Gasteiger charge is -2.27. The third-order valence-electron chi connectivity index (χ3n) is 2.36. The van der Waals surface area contributed by atoms with Gasteiger partial charge in [0.2, 0.25) is 0 Å². The van der Waals surface area contributed by atoms with E-state index in [0.29, 0.717) is 26.4 Å². The number of hydrogen-bond donors (Lipinski definition) is 0. The van der Waals surface area contributed by atoms with Crippen molar-refractivity contribution >= 4 is 9.05 Å². The van der Waals surface area contributed by atoms with Gasteiger partial charge in [-0.2, -0.15) is 0 Å². The van der Waals surface area contributed by atoms with Crippen molar-refractivity contribution in [2.75, 3.05) is 26.4 Å². The average Bonchev–Trinajstić information content (AvgIpc) is 2.37. The van der Waals surface area contributed by atoms with Crippen molar-refractivity contribution in [1.29, 1.82) is 0 Å². The summed E-state index contributed by atoms with van der Waals surface area (Å²) in [5.41, 5.74) is 0. The van der Waals surface area contributed by atoms with Crippen LogP contribution in [0.5, 0.6) is 0 Å². The third-order valence-corrected chi connectivity index (χ3v) is 4.67. The lowest BCUT2D eigenvalue weighted by atomic mass is 10.4. The molecule has 18 heavy (non-hydrogen) atoms. The van der Waals surface area contributed by atoms with E-state index in [9.17, 15) is 0 Å². The molecule has 0 rings (SSSR count). The van der Waals surface area contributed by atoms with Gasteiger partial charge >= 0.3 is 9.05 Å². The second-order valence-corrected chi connectivity index (χ2v) is 6.34. The fourth-order valence-electron chi connectivity index (χ4n) is 1.34. The van der Waals surface area contributed by atoms with Gasteiger partial charge in [-0.05, 0) is 26.2 Å². The van der Waals surface area contributed by atoms with E-state index in [1.165, 1.54) is 0 Å². The lowest BCUT2D eigenvalue weighted by Crippen LogP contribution is -2.50. The van der Waals surface area contributed by atoms with E-state index in [1.807, 2.05) is 6.92 Å². The van der Waals surface area contributed by atoms with Crippen LogP contribution in [-0.2, 0) is 17.7 Å². The fourth-order valence-corrected chi connectivity index (χ4v) is 3.43. The highest BCUT2D eigenvalue weighted by Crippen LogP contribution is 2.14. The van der Waals surface area contributed by atoms with Crippen molar-refractivity contribution in [3.63, 3.8) is 0 Å². The average molecular weight is 278 g/mol. The van der Waals surface area contributed by atoms with Crippen molar-refractivity contribution in [1.82, 2.24) is 0 Å². The first kappa shape index (κ1) is 18.1. The van der Waals surface area contributed by atoms with Crippen molar-refractivity contribution < 1.29 is 17.7 Å². The SMILES string of the molecule is CCCCO[Si](OCC)(OCCC)OCCCC. The molecule has 110 valence electrons. The topological polar surface area (TPSA) is 36.9 Å². The summed E-state index contributed by atoms with van der Waals surface area (Å²) in [5, 5.41) is 0. The Morgan fingerprint density at radius 3 is 1.50 bits per heavy atom. The van der Waals surface area contributed by atoms with E-state index in [-0.39, 0.29) is 0 Å². The van der Waals surface area contributed by atoms with Crippen LogP contribution in [-0.4, -0.2) is 35.5 Å². The monoisotopic (exact) mass is 278 g/mol. The normalized spacial score (nSPS) is 12.0. The summed E-state index contributed by atoms with van der Waals surface area (Å²) in [6.45, 7) is 10.8. The van der Waals surface area contributed by atoms with E-state index in [2.05, 4.69) is 20.8 Å². The standard InChI is InChI=1S/C13H30O4Si/c1-5-9-12-16-18(14-8-4,15-11-7-3)17-13-10-6-2/h5-13H2,1-4H3. The van der Waals surface area contributed by atoms with E-state index >= 15 is 0 Å². The molecule has 0 unspecified atom stereocenters. The second-order valence-electron chi connectivity index (χ2n) is 4.19. The molecular weight excluding hydrogens is 248 g/mol. The number of unbranched alkanes of at least 4 members (excludes halogenated alkanes) is 2. The van der Waals surface area contributed by atoms with Crippen LogP contribution in [0.4, 0.5) is 0 Å². The fraction of sp³-hybridized carbons (Fsp3) is 1.00. The molecule has 4 nitrogen and oxygen atoms in total. The summed E-state index contributed by atoms with van der Waals surface area (Å²) in [4.78, 5) is 0. The van der Waals surface area contributed by atoms with Crippen LogP contribution < -0.4 is 0 Å². The first-order chi connectivity index (χ1) is 8.74. The maximum absolute atomic E-state index is 5.83. The second kappa shape index (κ2) is 12.1. The van der Waals surface area contributed by atoms with E-state index in [1.54, 1.807) is 0 Å². The van der Waals surface area contributed by atoms with E-state index < -0.39 is 9.05 Å². The summed E-state index contributed by atoms with van der Waals surface area (Å²) >= 11 is 0. The van der Waals surface area contributed by atoms with E-state index in [4.69, 9.17) is 17.7 Å². The molecule has 0 aromatic rings. The Bertz CT molecular complexity index is 168. The molecular formula is C13H30O4Si. The molecule has 5 heteroatoms. The molecule has 0 N–H and O–H groups in total. The van der Waals surface area contributed by atoms with Crippen LogP contribution in [0.2, 0.25) is 0 Å². The molecule has 0 heterocycles. The zero-order valence-electron chi connectivity index (χ0n) is 12.5. The largest absolute Gasteiger partial charge is 0.679 e. The first-order valence-electron chi connectivity index (χ1n) is 7.30. The molecule has 0 aromatic heterocycles. The zero-order valence-corrected chi connectivity index (χ0v) is 13.5. The molecule has 0 fully saturated rings. The van der Waals surface area contributed by atoms with Gasteiger partial charge in [0.15, 0.2) is 0 Å². The lowest BCUT2D eigenvalue weighted by molar-refractivity contribution is -0.0333. The summed E-state index contributed by atoms with van der Waals surface area (Å²) in [6.07, 6.45) is 5.15. The summed E-state index contributed by atoms with van der Waals surface area (Å²) in [5.74, 6) is 0. The van der Waals surface area contributed by atoms with Crippen LogP contribution in [0, 0.1) is 0 Å². The molecule has 0 bridgehead atoms. The van der Waals surface area contributed by atoms with Gasteiger partial charge in [-0.1, -0.05) is 33.6 Å².